The third-order valence-corrected chi connectivity index (χ3v) is 2.79. The molecule has 0 bridgehead atoms. The average molecular weight is 256 g/mol. The summed E-state index contributed by atoms with van der Waals surface area (Å²) in [5.41, 5.74) is 0.955. The van der Waals surface area contributed by atoms with Crippen molar-refractivity contribution in [1.29, 1.82) is 5.26 Å². The molecule has 0 saturated carbocycles. The maximum atomic E-state index is 13.7. The predicted molar refractivity (Wildman–Crippen MR) is 68.0 cm³/mol. The number of anilines is 1. The van der Waals surface area contributed by atoms with Crippen LogP contribution in [0.25, 0.3) is 0 Å². The van der Waals surface area contributed by atoms with Crippen molar-refractivity contribution in [2.75, 3.05) is 24.5 Å². The Morgan fingerprint density at radius 2 is 2.29 bits per heavy atom. The number of hydrogen-bond donors (Lipinski definition) is 1. The molecular weight excluding hydrogens is 241 g/mol. The normalized spacial score (nSPS) is 19.4. The van der Waals surface area contributed by atoms with Crippen molar-refractivity contribution in [3.05, 3.63) is 29.6 Å². The lowest BCUT2D eigenvalue weighted by atomic mass is 10.1. The fourth-order valence-electron chi connectivity index (χ4n) is 1.98. The lowest BCUT2D eigenvalue weighted by Gasteiger charge is -2.33. The van der Waals surface area contributed by atoms with Crippen molar-refractivity contribution in [1.82, 2.24) is 5.32 Å². The molecule has 0 amide bonds. The zero-order chi connectivity index (χ0) is 11.5. The lowest BCUT2D eigenvalue weighted by molar-refractivity contribution is 0.478. The van der Waals surface area contributed by atoms with E-state index in [1.165, 1.54) is 6.07 Å². The number of rotatable bonds is 1. The fourth-order valence-corrected chi connectivity index (χ4v) is 1.98. The van der Waals surface area contributed by atoms with Crippen LogP contribution in [-0.2, 0) is 0 Å². The second-order valence-corrected chi connectivity index (χ2v) is 4.08. The number of halogens is 2. The van der Waals surface area contributed by atoms with Crippen LogP contribution < -0.4 is 10.2 Å². The SMILES string of the molecule is C[C@H]1CN(c2ccc(C#N)cc2F)CCN1.Cl. The van der Waals surface area contributed by atoms with Gasteiger partial charge in [0, 0.05) is 25.7 Å². The summed E-state index contributed by atoms with van der Waals surface area (Å²) in [6.45, 7) is 4.53. The quantitative estimate of drug-likeness (QED) is 0.833. The van der Waals surface area contributed by atoms with E-state index in [2.05, 4.69) is 12.2 Å². The zero-order valence-corrected chi connectivity index (χ0v) is 10.4. The van der Waals surface area contributed by atoms with E-state index in [4.69, 9.17) is 5.26 Å². The van der Waals surface area contributed by atoms with Gasteiger partial charge in [0.15, 0.2) is 0 Å². The Balaban J connectivity index is 0.00000144. The summed E-state index contributed by atoms with van der Waals surface area (Å²) in [7, 11) is 0. The first kappa shape index (κ1) is 13.8. The molecule has 1 N–H and O–H groups in total. The van der Waals surface area contributed by atoms with E-state index in [0.717, 1.165) is 19.6 Å². The molecule has 0 unspecified atom stereocenters. The van der Waals surface area contributed by atoms with Crippen molar-refractivity contribution in [3.63, 3.8) is 0 Å². The molecule has 1 heterocycles. The minimum atomic E-state index is -0.312. The maximum absolute atomic E-state index is 13.7. The highest BCUT2D eigenvalue weighted by Crippen LogP contribution is 2.21. The van der Waals surface area contributed by atoms with Crippen LogP contribution in [0.2, 0.25) is 0 Å². The molecule has 1 aromatic carbocycles. The van der Waals surface area contributed by atoms with Crippen molar-refractivity contribution in [3.8, 4) is 6.07 Å². The molecule has 17 heavy (non-hydrogen) atoms. The third-order valence-electron chi connectivity index (χ3n) is 2.79. The van der Waals surface area contributed by atoms with Crippen LogP contribution >= 0.6 is 12.4 Å². The van der Waals surface area contributed by atoms with Gasteiger partial charge in [0.05, 0.1) is 17.3 Å². The maximum Gasteiger partial charge on any atom is 0.147 e. The Hall–Kier alpha value is -1.31. The second kappa shape index (κ2) is 5.85. The van der Waals surface area contributed by atoms with Gasteiger partial charge in [-0.1, -0.05) is 0 Å². The summed E-state index contributed by atoms with van der Waals surface area (Å²) in [5, 5.41) is 12.0. The van der Waals surface area contributed by atoms with Gasteiger partial charge < -0.3 is 10.2 Å². The number of benzene rings is 1. The Morgan fingerprint density at radius 3 is 2.88 bits per heavy atom. The van der Waals surface area contributed by atoms with Gasteiger partial charge in [-0.2, -0.15) is 5.26 Å². The molecule has 2 rings (SSSR count). The van der Waals surface area contributed by atoms with Crippen LogP contribution in [0.3, 0.4) is 0 Å². The average Bonchev–Trinajstić information content (AvgIpc) is 2.28. The number of piperazine rings is 1. The van der Waals surface area contributed by atoms with Crippen molar-refractivity contribution >= 4 is 18.1 Å². The first-order valence-corrected chi connectivity index (χ1v) is 5.38. The molecule has 1 aliphatic rings. The van der Waals surface area contributed by atoms with E-state index < -0.39 is 0 Å². The monoisotopic (exact) mass is 255 g/mol. The molecule has 3 nitrogen and oxygen atoms in total. The Kier molecular flexibility index (Phi) is 4.73. The zero-order valence-electron chi connectivity index (χ0n) is 9.61. The van der Waals surface area contributed by atoms with Gasteiger partial charge in [-0.25, -0.2) is 4.39 Å². The van der Waals surface area contributed by atoms with Gasteiger partial charge in [-0.3, -0.25) is 0 Å². The first-order valence-electron chi connectivity index (χ1n) is 5.38. The van der Waals surface area contributed by atoms with Gasteiger partial charge in [0.25, 0.3) is 0 Å². The van der Waals surface area contributed by atoms with Crippen LogP contribution in [0.15, 0.2) is 18.2 Å². The van der Waals surface area contributed by atoms with Gasteiger partial charge in [-0.05, 0) is 25.1 Å². The number of hydrogen-bond acceptors (Lipinski definition) is 3. The number of nitrogens with zero attached hydrogens (tertiary/aromatic N) is 2. The van der Waals surface area contributed by atoms with Crippen LogP contribution in [0.5, 0.6) is 0 Å². The summed E-state index contributed by atoms with van der Waals surface area (Å²) in [6, 6.07) is 6.94. The molecule has 5 heteroatoms. The van der Waals surface area contributed by atoms with E-state index in [0.29, 0.717) is 17.3 Å². The second-order valence-electron chi connectivity index (χ2n) is 4.08. The Morgan fingerprint density at radius 1 is 1.53 bits per heavy atom. The highest BCUT2D eigenvalue weighted by molar-refractivity contribution is 5.85. The molecule has 0 radical (unpaired) electrons. The van der Waals surface area contributed by atoms with Gasteiger partial charge in [-0.15, -0.1) is 12.4 Å². The Labute approximate surface area is 107 Å². The van der Waals surface area contributed by atoms with E-state index in [9.17, 15) is 4.39 Å². The molecule has 92 valence electrons. The fraction of sp³-hybridized carbons (Fsp3) is 0.417. The molecule has 1 saturated heterocycles. The minimum Gasteiger partial charge on any atom is -0.366 e. The van der Waals surface area contributed by atoms with Crippen LogP contribution in [0, 0.1) is 17.1 Å². The highest BCUT2D eigenvalue weighted by Gasteiger charge is 2.18. The lowest BCUT2D eigenvalue weighted by Crippen LogP contribution is -2.49. The smallest absolute Gasteiger partial charge is 0.147 e. The molecule has 0 spiro atoms. The topological polar surface area (TPSA) is 39.1 Å². The van der Waals surface area contributed by atoms with Crippen molar-refractivity contribution in [2.45, 2.75) is 13.0 Å². The summed E-state index contributed by atoms with van der Waals surface area (Å²) in [4.78, 5) is 2.01. The summed E-state index contributed by atoms with van der Waals surface area (Å²) in [5.74, 6) is -0.312. The molecule has 1 atom stereocenters. The van der Waals surface area contributed by atoms with Gasteiger partial charge >= 0.3 is 0 Å². The van der Waals surface area contributed by atoms with E-state index in [1.807, 2.05) is 11.0 Å². The van der Waals surface area contributed by atoms with Crippen LogP contribution in [0.4, 0.5) is 10.1 Å². The predicted octanol–water partition coefficient (Wildman–Crippen LogP) is 1.92. The summed E-state index contributed by atoms with van der Waals surface area (Å²) in [6.07, 6.45) is 0. The van der Waals surface area contributed by atoms with E-state index >= 15 is 0 Å². The van der Waals surface area contributed by atoms with Crippen molar-refractivity contribution in [2.24, 2.45) is 0 Å². The minimum absolute atomic E-state index is 0. The van der Waals surface area contributed by atoms with Crippen LogP contribution in [-0.4, -0.2) is 25.7 Å². The highest BCUT2D eigenvalue weighted by atomic mass is 35.5. The number of nitriles is 1. The third kappa shape index (κ3) is 3.09. The standard InChI is InChI=1S/C12H14FN3.ClH/c1-9-8-16(5-4-15-9)12-3-2-10(7-14)6-11(12)13;/h2-3,6,9,15H,4-5,8H2,1H3;1H/t9-;/m0./s1. The number of nitrogens with one attached hydrogen (secondary N) is 1. The van der Waals surface area contributed by atoms with Crippen molar-refractivity contribution < 1.29 is 4.39 Å². The first-order chi connectivity index (χ1) is 7.70. The molecule has 1 fully saturated rings. The van der Waals surface area contributed by atoms with E-state index in [-0.39, 0.29) is 18.2 Å². The molecule has 1 aromatic rings. The molecular formula is C12H15ClFN3. The van der Waals surface area contributed by atoms with Gasteiger partial charge in [0.1, 0.15) is 5.82 Å². The Bertz CT molecular complexity index is 430. The van der Waals surface area contributed by atoms with Gasteiger partial charge in [0.2, 0.25) is 0 Å². The van der Waals surface area contributed by atoms with Crippen LogP contribution in [0.1, 0.15) is 12.5 Å². The molecule has 0 aromatic heterocycles. The summed E-state index contributed by atoms with van der Waals surface area (Å²) < 4.78 is 13.7. The molecule has 1 aliphatic heterocycles. The van der Waals surface area contributed by atoms with E-state index in [1.54, 1.807) is 12.1 Å². The largest absolute Gasteiger partial charge is 0.366 e. The molecule has 0 aliphatic carbocycles. The summed E-state index contributed by atoms with van der Waals surface area (Å²) >= 11 is 0.